The van der Waals surface area contributed by atoms with Crippen molar-refractivity contribution in [2.24, 2.45) is 5.92 Å². The molecule has 0 atom stereocenters. The molecular weight excluding hydrogens is 454 g/mol. The number of benzene rings is 2. The lowest BCUT2D eigenvalue weighted by Gasteiger charge is -2.32. The van der Waals surface area contributed by atoms with Gasteiger partial charge in [0.2, 0.25) is 15.9 Å². The van der Waals surface area contributed by atoms with Crippen molar-refractivity contribution < 1.29 is 18.0 Å². The van der Waals surface area contributed by atoms with Crippen molar-refractivity contribution in [2.75, 3.05) is 56.9 Å². The second-order valence-corrected chi connectivity index (χ2v) is 10.7. The van der Waals surface area contributed by atoms with Gasteiger partial charge in [0.15, 0.2) is 0 Å². The number of sulfonamides is 1. The molecule has 2 aliphatic heterocycles. The summed E-state index contributed by atoms with van der Waals surface area (Å²) >= 11 is 0. The molecule has 0 aromatic heterocycles. The molecular formula is C24H31N5O4S. The highest BCUT2D eigenvalue weighted by molar-refractivity contribution is 7.89. The largest absolute Gasteiger partial charge is 0.326 e. The zero-order valence-electron chi connectivity index (χ0n) is 19.3. The molecule has 2 saturated heterocycles. The number of piperazine rings is 1. The van der Waals surface area contributed by atoms with Crippen LogP contribution in [0.25, 0.3) is 0 Å². The molecule has 0 spiro atoms. The number of nitrogens with one attached hydrogen (secondary N) is 2. The summed E-state index contributed by atoms with van der Waals surface area (Å²) in [5.41, 5.74) is 1.20. The van der Waals surface area contributed by atoms with E-state index >= 15 is 0 Å². The number of amides is 3. The fourth-order valence-electron chi connectivity index (χ4n) is 4.22. The quantitative estimate of drug-likeness (QED) is 0.678. The van der Waals surface area contributed by atoms with Crippen molar-refractivity contribution in [3.8, 4) is 0 Å². The number of carbonyl (C=O) groups excluding carboxylic acids is 2. The van der Waals surface area contributed by atoms with E-state index in [1.807, 2.05) is 37.4 Å². The van der Waals surface area contributed by atoms with Gasteiger partial charge in [-0.25, -0.2) is 13.2 Å². The van der Waals surface area contributed by atoms with Crippen LogP contribution < -0.4 is 10.6 Å². The van der Waals surface area contributed by atoms with Gasteiger partial charge in [0.05, 0.1) is 4.90 Å². The van der Waals surface area contributed by atoms with E-state index in [9.17, 15) is 18.0 Å². The van der Waals surface area contributed by atoms with Gasteiger partial charge in [0.25, 0.3) is 0 Å². The number of hydrogen-bond acceptors (Lipinski definition) is 5. The van der Waals surface area contributed by atoms with Crippen molar-refractivity contribution in [1.29, 1.82) is 0 Å². The molecule has 3 amide bonds. The fraction of sp³-hybridized carbons (Fsp3) is 0.417. The Hall–Kier alpha value is -2.95. The Morgan fingerprint density at radius 1 is 0.824 bits per heavy atom. The summed E-state index contributed by atoms with van der Waals surface area (Å²) in [6.07, 6.45) is 1.10. The summed E-state index contributed by atoms with van der Waals surface area (Å²) in [6, 6.07) is 15.5. The minimum Gasteiger partial charge on any atom is -0.326 e. The first kappa shape index (κ1) is 24.2. The van der Waals surface area contributed by atoms with Crippen LogP contribution in [0, 0.1) is 5.92 Å². The van der Waals surface area contributed by atoms with Gasteiger partial charge in [-0.3, -0.25) is 4.79 Å². The third-order valence-electron chi connectivity index (χ3n) is 6.38. The van der Waals surface area contributed by atoms with Crippen molar-refractivity contribution in [1.82, 2.24) is 14.1 Å². The Morgan fingerprint density at radius 3 is 2.15 bits per heavy atom. The van der Waals surface area contributed by atoms with Gasteiger partial charge in [0.1, 0.15) is 0 Å². The summed E-state index contributed by atoms with van der Waals surface area (Å²) in [5, 5.41) is 5.74. The van der Waals surface area contributed by atoms with E-state index in [0.717, 1.165) is 5.69 Å². The maximum atomic E-state index is 13.0. The maximum Gasteiger partial charge on any atom is 0.321 e. The molecule has 182 valence electrons. The molecule has 4 rings (SSSR count). The molecule has 0 bridgehead atoms. The summed E-state index contributed by atoms with van der Waals surface area (Å²) in [5.74, 6) is -0.393. The van der Waals surface area contributed by atoms with Gasteiger partial charge >= 0.3 is 6.03 Å². The van der Waals surface area contributed by atoms with Gasteiger partial charge < -0.3 is 20.4 Å². The number of urea groups is 1. The summed E-state index contributed by atoms with van der Waals surface area (Å²) in [6.45, 7) is 3.25. The fourth-order valence-corrected chi connectivity index (χ4v) is 5.69. The average Bonchev–Trinajstić information content (AvgIpc) is 2.85. The number of anilines is 2. The second kappa shape index (κ2) is 10.5. The van der Waals surface area contributed by atoms with Crippen LogP contribution in [0.15, 0.2) is 59.5 Å². The van der Waals surface area contributed by atoms with Crippen LogP contribution in [-0.4, -0.2) is 80.8 Å². The first-order valence-corrected chi connectivity index (χ1v) is 13.0. The summed E-state index contributed by atoms with van der Waals surface area (Å²) in [7, 11) is -1.63. The molecule has 10 heteroatoms. The highest BCUT2D eigenvalue weighted by Crippen LogP contribution is 2.23. The number of likely N-dealkylation sites (tertiary alicyclic amines) is 1. The van der Waals surface area contributed by atoms with Crippen LogP contribution >= 0.6 is 0 Å². The number of nitrogens with zero attached hydrogens (tertiary/aromatic N) is 3. The van der Waals surface area contributed by atoms with E-state index in [1.165, 1.54) is 10.4 Å². The predicted octanol–water partition coefficient (Wildman–Crippen LogP) is 2.51. The highest BCUT2D eigenvalue weighted by atomic mass is 32.2. The molecule has 2 heterocycles. The topological polar surface area (TPSA) is 102 Å². The molecule has 9 nitrogen and oxygen atoms in total. The van der Waals surface area contributed by atoms with Gasteiger partial charge in [-0.2, -0.15) is 4.31 Å². The molecule has 2 N–H and O–H groups in total. The van der Waals surface area contributed by atoms with Gasteiger partial charge in [-0.15, -0.1) is 0 Å². The Balaban J connectivity index is 1.32. The molecule has 0 aliphatic carbocycles. The van der Waals surface area contributed by atoms with Crippen LogP contribution in [0.1, 0.15) is 12.8 Å². The third kappa shape index (κ3) is 5.75. The van der Waals surface area contributed by atoms with Crippen LogP contribution in [0.5, 0.6) is 0 Å². The van der Waals surface area contributed by atoms with Gasteiger partial charge in [0, 0.05) is 56.6 Å². The monoisotopic (exact) mass is 485 g/mol. The molecule has 2 fully saturated rings. The average molecular weight is 486 g/mol. The summed E-state index contributed by atoms with van der Waals surface area (Å²) in [4.78, 5) is 29.3. The Morgan fingerprint density at radius 2 is 1.47 bits per heavy atom. The van der Waals surface area contributed by atoms with Crippen LogP contribution in [0.3, 0.4) is 0 Å². The SMILES string of the molecule is CN1CCN(S(=O)(=O)c2cccc(NC(=O)C3CCN(C(=O)Nc4ccccc4)CC3)c2)CC1. The Kier molecular flexibility index (Phi) is 7.50. The first-order chi connectivity index (χ1) is 16.3. The van der Waals surface area contributed by atoms with E-state index < -0.39 is 10.0 Å². The third-order valence-corrected chi connectivity index (χ3v) is 8.27. The lowest BCUT2D eigenvalue weighted by atomic mass is 9.96. The summed E-state index contributed by atoms with van der Waals surface area (Å²) < 4.78 is 27.5. The van der Waals surface area contributed by atoms with Crippen molar-refractivity contribution in [2.45, 2.75) is 17.7 Å². The minimum atomic E-state index is -3.61. The van der Waals surface area contributed by atoms with Gasteiger partial charge in [-0.1, -0.05) is 24.3 Å². The lowest BCUT2D eigenvalue weighted by molar-refractivity contribution is -0.121. The van der Waals surface area contributed by atoms with Crippen LogP contribution in [-0.2, 0) is 14.8 Å². The minimum absolute atomic E-state index is 0.155. The number of para-hydroxylation sites is 1. The zero-order chi connectivity index (χ0) is 24.1. The number of hydrogen-bond donors (Lipinski definition) is 2. The molecule has 2 aromatic carbocycles. The standard InChI is InChI=1S/C24H31N5O4S/c1-27-14-16-29(17-15-27)34(32,33)22-9-5-8-21(18-22)25-23(30)19-10-12-28(13-11-19)24(31)26-20-6-3-2-4-7-20/h2-9,18-19H,10-17H2,1H3,(H,25,30)(H,26,31). The number of rotatable bonds is 5. The molecule has 34 heavy (non-hydrogen) atoms. The first-order valence-electron chi connectivity index (χ1n) is 11.5. The number of likely N-dealkylation sites (N-methyl/N-ethyl adjacent to an activating group) is 1. The zero-order valence-corrected chi connectivity index (χ0v) is 20.1. The number of piperidine rings is 1. The van der Waals surface area contributed by atoms with E-state index in [4.69, 9.17) is 0 Å². The molecule has 2 aromatic rings. The maximum absolute atomic E-state index is 13.0. The molecule has 0 saturated carbocycles. The van der Waals surface area contributed by atoms with Crippen molar-refractivity contribution >= 4 is 33.3 Å². The van der Waals surface area contributed by atoms with Crippen molar-refractivity contribution in [3.05, 3.63) is 54.6 Å². The van der Waals surface area contributed by atoms with Crippen LogP contribution in [0.2, 0.25) is 0 Å². The van der Waals surface area contributed by atoms with Gasteiger partial charge in [-0.05, 0) is 50.2 Å². The molecule has 0 unspecified atom stereocenters. The molecule has 0 radical (unpaired) electrons. The Bertz CT molecular complexity index is 1110. The van der Waals surface area contributed by atoms with Crippen molar-refractivity contribution in [3.63, 3.8) is 0 Å². The molecule has 2 aliphatic rings. The lowest BCUT2D eigenvalue weighted by Crippen LogP contribution is -2.47. The van der Waals surface area contributed by atoms with E-state index in [-0.39, 0.29) is 22.8 Å². The Labute approximate surface area is 200 Å². The highest BCUT2D eigenvalue weighted by Gasteiger charge is 2.29. The van der Waals surface area contributed by atoms with E-state index in [0.29, 0.717) is 57.8 Å². The predicted molar refractivity (Wildman–Crippen MR) is 131 cm³/mol. The smallest absolute Gasteiger partial charge is 0.321 e. The second-order valence-electron chi connectivity index (χ2n) is 8.78. The van der Waals surface area contributed by atoms with E-state index in [1.54, 1.807) is 23.1 Å². The normalized spacial score (nSPS) is 18.4. The van der Waals surface area contributed by atoms with E-state index in [2.05, 4.69) is 15.5 Å². The number of carbonyl (C=O) groups is 2. The van der Waals surface area contributed by atoms with Crippen LogP contribution in [0.4, 0.5) is 16.2 Å².